The van der Waals surface area contributed by atoms with E-state index in [0.717, 1.165) is 11.3 Å². The predicted molar refractivity (Wildman–Crippen MR) is 112 cm³/mol. The zero-order valence-corrected chi connectivity index (χ0v) is 16.9. The highest BCUT2D eigenvalue weighted by molar-refractivity contribution is 6.00. The second-order valence-electron chi connectivity index (χ2n) is 6.85. The molecule has 2 aliphatic heterocycles. The molecule has 2 aromatic carbocycles. The summed E-state index contributed by atoms with van der Waals surface area (Å²) in [6.07, 6.45) is -0.846. The SMILES string of the molecule is COc1ccccc1C1CNCCN1C(=O)CC1Oc2ccccc2NC1=O.Cl. The number of hydrogen-bond donors (Lipinski definition) is 2. The van der Waals surface area contributed by atoms with Crippen LogP contribution in [0.3, 0.4) is 0 Å². The van der Waals surface area contributed by atoms with Gasteiger partial charge in [0.05, 0.1) is 25.3 Å². The number of nitrogens with one attached hydrogen (secondary N) is 2. The van der Waals surface area contributed by atoms with Gasteiger partial charge in [-0.05, 0) is 18.2 Å². The average molecular weight is 418 g/mol. The normalized spacial score (nSPS) is 20.6. The molecule has 4 rings (SSSR count). The molecule has 0 aliphatic carbocycles. The Labute approximate surface area is 175 Å². The fourth-order valence-electron chi connectivity index (χ4n) is 3.73. The van der Waals surface area contributed by atoms with Gasteiger partial charge in [-0.3, -0.25) is 9.59 Å². The highest BCUT2D eigenvalue weighted by atomic mass is 35.5. The summed E-state index contributed by atoms with van der Waals surface area (Å²) in [7, 11) is 1.62. The first-order valence-electron chi connectivity index (χ1n) is 9.37. The number of benzene rings is 2. The number of hydrogen-bond acceptors (Lipinski definition) is 5. The smallest absolute Gasteiger partial charge is 0.266 e. The third-order valence-corrected chi connectivity index (χ3v) is 5.13. The zero-order valence-electron chi connectivity index (χ0n) is 16.1. The number of carbonyl (C=O) groups excluding carboxylic acids is 2. The van der Waals surface area contributed by atoms with E-state index in [1.165, 1.54) is 0 Å². The molecule has 0 radical (unpaired) electrons. The molecule has 2 heterocycles. The summed E-state index contributed by atoms with van der Waals surface area (Å²) in [6.45, 7) is 1.90. The lowest BCUT2D eigenvalue weighted by molar-refractivity contribution is -0.139. The number of halogens is 1. The van der Waals surface area contributed by atoms with Gasteiger partial charge in [-0.25, -0.2) is 0 Å². The average Bonchev–Trinajstić information content (AvgIpc) is 2.74. The second-order valence-corrected chi connectivity index (χ2v) is 6.85. The number of para-hydroxylation sites is 3. The summed E-state index contributed by atoms with van der Waals surface area (Å²) in [5, 5.41) is 6.15. The molecule has 2 atom stereocenters. The molecule has 0 saturated carbocycles. The fraction of sp³-hybridized carbons (Fsp3) is 0.333. The summed E-state index contributed by atoms with van der Waals surface area (Å²) < 4.78 is 11.3. The Hall–Kier alpha value is -2.77. The van der Waals surface area contributed by atoms with Gasteiger partial charge in [0, 0.05) is 25.2 Å². The summed E-state index contributed by atoms with van der Waals surface area (Å²) in [6, 6.07) is 14.8. The first-order valence-corrected chi connectivity index (χ1v) is 9.37. The first kappa shape index (κ1) is 21.0. The van der Waals surface area contributed by atoms with Gasteiger partial charge in [0.15, 0.2) is 6.10 Å². The van der Waals surface area contributed by atoms with Crippen LogP contribution >= 0.6 is 12.4 Å². The number of fused-ring (bicyclic) bond motifs is 1. The molecule has 2 N–H and O–H groups in total. The Morgan fingerprint density at radius 1 is 1.21 bits per heavy atom. The van der Waals surface area contributed by atoms with Crippen molar-refractivity contribution in [3.63, 3.8) is 0 Å². The van der Waals surface area contributed by atoms with Crippen LogP contribution in [0.5, 0.6) is 11.5 Å². The third kappa shape index (κ3) is 4.31. The van der Waals surface area contributed by atoms with Gasteiger partial charge in [0.1, 0.15) is 11.5 Å². The summed E-state index contributed by atoms with van der Waals surface area (Å²) in [5.41, 5.74) is 1.58. The minimum Gasteiger partial charge on any atom is -0.496 e. The van der Waals surface area contributed by atoms with E-state index in [2.05, 4.69) is 10.6 Å². The van der Waals surface area contributed by atoms with Crippen LogP contribution in [0.25, 0.3) is 0 Å². The van der Waals surface area contributed by atoms with E-state index in [0.29, 0.717) is 31.1 Å². The summed E-state index contributed by atoms with van der Waals surface area (Å²) in [4.78, 5) is 27.3. The molecule has 1 saturated heterocycles. The van der Waals surface area contributed by atoms with Gasteiger partial charge in [-0.2, -0.15) is 0 Å². The largest absolute Gasteiger partial charge is 0.496 e. The number of amides is 2. The minimum atomic E-state index is -0.837. The monoisotopic (exact) mass is 417 g/mol. The maximum absolute atomic E-state index is 13.1. The van der Waals surface area contributed by atoms with Crippen molar-refractivity contribution >= 4 is 29.9 Å². The Kier molecular flexibility index (Phi) is 6.61. The standard InChI is InChI=1S/C21H23N3O4.ClH/c1-27-17-8-4-2-6-14(17)16-13-22-10-11-24(16)20(25)12-19-21(26)23-15-7-3-5-9-18(15)28-19;/h2-9,16,19,22H,10-13H2,1H3,(H,23,26);1H. The van der Waals surface area contributed by atoms with Crippen LogP contribution in [0.1, 0.15) is 18.0 Å². The highest BCUT2D eigenvalue weighted by Gasteiger charge is 2.35. The van der Waals surface area contributed by atoms with E-state index in [1.54, 1.807) is 19.2 Å². The number of ether oxygens (including phenoxy) is 2. The Morgan fingerprint density at radius 2 is 1.97 bits per heavy atom. The molecule has 8 heteroatoms. The zero-order chi connectivity index (χ0) is 19.5. The quantitative estimate of drug-likeness (QED) is 0.798. The van der Waals surface area contributed by atoms with Crippen molar-refractivity contribution in [1.82, 2.24) is 10.2 Å². The van der Waals surface area contributed by atoms with E-state index >= 15 is 0 Å². The molecule has 0 bridgehead atoms. The van der Waals surface area contributed by atoms with E-state index in [9.17, 15) is 9.59 Å². The number of anilines is 1. The molecule has 2 amide bonds. The Morgan fingerprint density at radius 3 is 2.79 bits per heavy atom. The van der Waals surface area contributed by atoms with Crippen LogP contribution < -0.4 is 20.1 Å². The van der Waals surface area contributed by atoms with Crippen molar-refractivity contribution < 1.29 is 19.1 Å². The van der Waals surface area contributed by atoms with Gasteiger partial charge in [-0.1, -0.05) is 30.3 Å². The molecule has 2 aliphatic rings. The highest BCUT2D eigenvalue weighted by Crippen LogP contribution is 2.32. The van der Waals surface area contributed by atoms with Crippen molar-refractivity contribution in [1.29, 1.82) is 0 Å². The third-order valence-electron chi connectivity index (χ3n) is 5.13. The first-order chi connectivity index (χ1) is 13.7. The number of methoxy groups -OCH3 is 1. The van der Waals surface area contributed by atoms with E-state index in [4.69, 9.17) is 9.47 Å². The molecule has 0 spiro atoms. The maximum Gasteiger partial charge on any atom is 0.266 e. The number of nitrogens with zero attached hydrogens (tertiary/aromatic N) is 1. The van der Waals surface area contributed by atoms with Crippen LogP contribution in [0, 0.1) is 0 Å². The van der Waals surface area contributed by atoms with Crippen LogP contribution in [0.4, 0.5) is 5.69 Å². The lowest BCUT2D eigenvalue weighted by Crippen LogP contribution is -2.50. The van der Waals surface area contributed by atoms with Crippen molar-refractivity contribution in [2.45, 2.75) is 18.6 Å². The second kappa shape index (κ2) is 9.15. The van der Waals surface area contributed by atoms with Crippen LogP contribution in [-0.4, -0.2) is 49.6 Å². The van der Waals surface area contributed by atoms with E-state index in [-0.39, 0.29) is 36.7 Å². The van der Waals surface area contributed by atoms with Crippen LogP contribution in [-0.2, 0) is 9.59 Å². The predicted octanol–water partition coefficient (Wildman–Crippen LogP) is 2.38. The van der Waals surface area contributed by atoms with Crippen molar-refractivity contribution in [2.24, 2.45) is 0 Å². The molecular formula is C21H24ClN3O4. The number of rotatable bonds is 4. The molecule has 7 nitrogen and oxygen atoms in total. The molecule has 2 aromatic rings. The van der Waals surface area contributed by atoms with Crippen molar-refractivity contribution in [3.8, 4) is 11.5 Å². The van der Waals surface area contributed by atoms with Gasteiger partial charge >= 0.3 is 0 Å². The van der Waals surface area contributed by atoms with Gasteiger partial charge in [0.2, 0.25) is 5.91 Å². The maximum atomic E-state index is 13.1. The molecule has 0 aromatic heterocycles. The fourth-order valence-corrected chi connectivity index (χ4v) is 3.73. The number of piperazine rings is 1. The molecule has 29 heavy (non-hydrogen) atoms. The topological polar surface area (TPSA) is 79.9 Å². The van der Waals surface area contributed by atoms with Crippen molar-refractivity contribution in [3.05, 3.63) is 54.1 Å². The summed E-state index contributed by atoms with van der Waals surface area (Å²) in [5.74, 6) is 0.920. The van der Waals surface area contributed by atoms with Gasteiger partial charge in [0.25, 0.3) is 5.91 Å². The molecule has 1 fully saturated rings. The van der Waals surface area contributed by atoms with Crippen molar-refractivity contribution in [2.75, 3.05) is 32.1 Å². The molecular weight excluding hydrogens is 394 g/mol. The Balaban J connectivity index is 0.00000240. The Bertz CT molecular complexity index is 892. The van der Waals surface area contributed by atoms with Gasteiger partial charge in [-0.15, -0.1) is 12.4 Å². The van der Waals surface area contributed by atoms with E-state index < -0.39 is 6.10 Å². The minimum absolute atomic E-state index is 0. The van der Waals surface area contributed by atoms with Crippen LogP contribution in [0.15, 0.2) is 48.5 Å². The lowest BCUT2D eigenvalue weighted by Gasteiger charge is -2.38. The molecule has 154 valence electrons. The van der Waals surface area contributed by atoms with Gasteiger partial charge < -0.3 is 25.0 Å². The van der Waals surface area contributed by atoms with E-state index in [1.807, 2.05) is 41.3 Å². The summed E-state index contributed by atoms with van der Waals surface area (Å²) >= 11 is 0. The molecule has 2 unspecified atom stereocenters. The lowest BCUT2D eigenvalue weighted by atomic mass is 10.0. The number of carbonyl (C=O) groups is 2. The van der Waals surface area contributed by atoms with Crippen LogP contribution in [0.2, 0.25) is 0 Å².